The van der Waals surface area contributed by atoms with Gasteiger partial charge in [-0.15, -0.1) is 0 Å². The van der Waals surface area contributed by atoms with E-state index < -0.39 is 0 Å². The van der Waals surface area contributed by atoms with Crippen LogP contribution in [0.15, 0.2) is 18.3 Å². The highest BCUT2D eigenvalue weighted by molar-refractivity contribution is 5.18. The first-order valence-electron chi connectivity index (χ1n) is 5.90. The lowest BCUT2D eigenvalue weighted by atomic mass is 10.0. The van der Waals surface area contributed by atoms with Gasteiger partial charge >= 0.3 is 0 Å². The van der Waals surface area contributed by atoms with E-state index in [0.717, 1.165) is 18.5 Å². The van der Waals surface area contributed by atoms with Crippen LogP contribution in [0, 0.1) is 6.92 Å². The second kappa shape index (κ2) is 6.57. The van der Waals surface area contributed by atoms with E-state index in [2.05, 4.69) is 24.9 Å². The molecule has 0 bridgehead atoms. The topological polar surface area (TPSA) is 38.9 Å². The minimum Gasteiger partial charge on any atom is -0.327 e. The standard InChI is InChI=1S/C13H22N2/c1-3-4-5-8-12(14)10-13-11(2)7-6-9-15-13/h6-7,9,12H,3-5,8,10,14H2,1-2H3. The zero-order valence-corrected chi connectivity index (χ0v) is 9.87. The maximum atomic E-state index is 6.08. The van der Waals surface area contributed by atoms with Crippen molar-refractivity contribution in [3.8, 4) is 0 Å². The van der Waals surface area contributed by atoms with Crippen molar-refractivity contribution in [2.24, 2.45) is 5.73 Å². The van der Waals surface area contributed by atoms with Gasteiger partial charge < -0.3 is 5.73 Å². The minimum atomic E-state index is 0.269. The smallest absolute Gasteiger partial charge is 0.0448 e. The van der Waals surface area contributed by atoms with E-state index in [4.69, 9.17) is 5.73 Å². The summed E-state index contributed by atoms with van der Waals surface area (Å²) in [4.78, 5) is 4.37. The van der Waals surface area contributed by atoms with Gasteiger partial charge in [0.05, 0.1) is 0 Å². The van der Waals surface area contributed by atoms with E-state index in [0.29, 0.717) is 0 Å². The maximum absolute atomic E-state index is 6.08. The van der Waals surface area contributed by atoms with Crippen LogP contribution < -0.4 is 5.73 Å². The van der Waals surface area contributed by atoms with Crippen molar-refractivity contribution in [3.63, 3.8) is 0 Å². The third kappa shape index (κ3) is 4.43. The fourth-order valence-corrected chi connectivity index (χ4v) is 1.74. The number of nitrogens with zero attached hydrogens (tertiary/aromatic N) is 1. The van der Waals surface area contributed by atoms with Gasteiger partial charge in [0, 0.05) is 24.4 Å². The van der Waals surface area contributed by atoms with Gasteiger partial charge in [-0.3, -0.25) is 4.98 Å². The lowest BCUT2D eigenvalue weighted by molar-refractivity contribution is 0.552. The summed E-state index contributed by atoms with van der Waals surface area (Å²) < 4.78 is 0. The first-order valence-corrected chi connectivity index (χ1v) is 5.90. The highest BCUT2D eigenvalue weighted by atomic mass is 14.7. The average molecular weight is 206 g/mol. The lowest BCUT2D eigenvalue weighted by Crippen LogP contribution is -2.23. The summed E-state index contributed by atoms with van der Waals surface area (Å²) in [6.45, 7) is 4.31. The highest BCUT2D eigenvalue weighted by Gasteiger charge is 2.06. The molecule has 0 aliphatic rings. The molecule has 1 atom stereocenters. The SMILES string of the molecule is CCCCCC(N)Cc1ncccc1C. The van der Waals surface area contributed by atoms with Gasteiger partial charge in [-0.1, -0.05) is 32.3 Å². The van der Waals surface area contributed by atoms with Gasteiger partial charge in [-0.2, -0.15) is 0 Å². The fourth-order valence-electron chi connectivity index (χ4n) is 1.74. The molecule has 0 radical (unpaired) electrons. The van der Waals surface area contributed by atoms with Gasteiger partial charge in [-0.05, 0) is 25.0 Å². The van der Waals surface area contributed by atoms with E-state index in [9.17, 15) is 0 Å². The molecule has 1 heterocycles. The molecule has 0 aliphatic carbocycles. The summed E-state index contributed by atoms with van der Waals surface area (Å²) in [5.41, 5.74) is 8.48. The summed E-state index contributed by atoms with van der Waals surface area (Å²) in [7, 11) is 0. The van der Waals surface area contributed by atoms with Crippen molar-refractivity contribution in [2.75, 3.05) is 0 Å². The third-order valence-electron chi connectivity index (χ3n) is 2.75. The summed E-state index contributed by atoms with van der Waals surface area (Å²) in [5.74, 6) is 0. The molecule has 0 spiro atoms. The summed E-state index contributed by atoms with van der Waals surface area (Å²) in [6, 6.07) is 4.34. The Labute approximate surface area is 92.9 Å². The van der Waals surface area contributed by atoms with E-state index in [-0.39, 0.29) is 6.04 Å². The van der Waals surface area contributed by atoms with Crippen molar-refractivity contribution in [1.29, 1.82) is 0 Å². The molecule has 0 aliphatic heterocycles. The number of pyridine rings is 1. The van der Waals surface area contributed by atoms with Crippen LogP contribution in [0.4, 0.5) is 0 Å². The summed E-state index contributed by atoms with van der Waals surface area (Å²) >= 11 is 0. The second-order valence-corrected chi connectivity index (χ2v) is 4.23. The monoisotopic (exact) mass is 206 g/mol. The molecule has 1 aromatic heterocycles. The second-order valence-electron chi connectivity index (χ2n) is 4.23. The molecular weight excluding hydrogens is 184 g/mol. The van der Waals surface area contributed by atoms with Crippen LogP contribution in [0.1, 0.15) is 43.9 Å². The van der Waals surface area contributed by atoms with Crippen LogP contribution >= 0.6 is 0 Å². The molecule has 84 valence electrons. The predicted molar refractivity (Wildman–Crippen MR) is 64.8 cm³/mol. The van der Waals surface area contributed by atoms with Gasteiger partial charge in [0.1, 0.15) is 0 Å². The first kappa shape index (κ1) is 12.2. The van der Waals surface area contributed by atoms with Gasteiger partial charge in [0.15, 0.2) is 0 Å². The number of unbranched alkanes of at least 4 members (excludes halogenated alkanes) is 2. The Morgan fingerprint density at radius 2 is 2.20 bits per heavy atom. The van der Waals surface area contributed by atoms with Gasteiger partial charge in [-0.25, -0.2) is 0 Å². The molecule has 2 N–H and O–H groups in total. The van der Waals surface area contributed by atoms with E-state index >= 15 is 0 Å². The fraction of sp³-hybridized carbons (Fsp3) is 0.615. The zero-order valence-electron chi connectivity index (χ0n) is 9.87. The third-order valence-corrected chi connectivity index (χ3v) is 2.75. The molecular formula is C13H22N2. The Balaban J connectivity index is 2.37. The number of hydrogen-bond donors (Lipinski definition) is 1. The maximum Gasteiger partial charge on any atom is 0.0448 e. The van der Waals surface area contributed by atoms with Crippen molar-refractivity contribution >= 4 is 0 Å². The summed E-state index contributed by atoms with van der Waals surface area (Å²) in [5, 5.41) is 0. The van der Waals surface area contributed by atoms with Crippen molar-refractivity contribution < 1.29 is 0 Å². The molecule has 2 heteroatoms. The quantitative estimate of drug-likeness (QED) is 0.727. The lowest BCUT2D eigenvalue weighted by Gasteiger charge is -2.11. The zero-order chi connectivity index (χ0) is 11.1. The van der Waals surface area contributed by atoms with Crippen molar-refractivity contribution in [3.05, 3.63) is 29.6 Å². The molecule has 1 rings (SSSR count). The Hall–Kier alpha value is -0.890. The highest BCUT2D eigenvalue weighted by Crippen LogP contribution is 2.09. The Morgan fingerprint density at radius 3 is 2.87 bits per heavy atom. The largest absolute Gasteiger partial charge is 0.327 e. The number of hydrogen-bond acceptors (Lipinski definition) is 2. The predicted octanol–water partition coefficient (Wildman–Crippen LogP) is 2.84. The first-order chi connectivity index (χ1) is 7.24. The number of rotatable bonds is 6. The number of aryl methyl sites for hydroxylation is 1. The van der Waals surface area contributed by atoms with Crippen LogP contribution in [-0.2, 0) is 6.42 Å². The van der Waals surface area contributed by atoms with E-state index in [1.807, 2.05) is 12.3 Å². The number of nitrogens with two attached hydrogens (primary N) is 1. The van der Waals surface area contributed by atoms with Gasteiger partial charge in [0.2, 0.25) is 0 Å². The molecule has 0 amide bonds. The van der Waals surface area contributed by atoms with Crippen LogP contribution in [0.25, 0.3) is 0 Å². The van der Waals surface area contributed by atoms with Crippen molar-refractivity contribution in [2.45, 2.75) is 52.0 Å². The Morgan fingerprint density at radius 1 is 1.40 bits per heavy atom. The molecule has 1 aromatic rings. The van der Waals surface area contributed by atoms with Crippen LogP contribution in [0.2, 0.25) is 0 Å². The molecule has 0 fully saturated rings. The van der Waals surface area contributed by atoms with Crippen molar-refractivity contribution in [1.82, 2.24) is 4.98 Å². The van der Waals surface area contributed by atoms with Crippen LogP contribution in [0.5, 0.6) is 0 Å². The van der Waals surface area contributed by atoms with Crippen LogP contribution in [-0.4, -0.2) is 11.0 Å². The molecule has 0 saturated heterocycles. The summed E-state index contributed by atoms with van der Waals surface area (Å²) in [6.07, 6.45) is 7.66. The normalized spacial score (nSPS) is 12.7. The van der Waals surface area contributed by atoms with E-state index in [1.54, 1.807) is 0 Å². The molecule has 0 aromatic carbocycles. The molecule has 1 unspecified atom stereocenters. The molecule has 2 nitrogen and oxygen atoms in total. The Bertz CT molecular complexity index is 284. The molecule has 0 saturated carbocycles. The van der Waals surface area contributed by atoms with E-state index in [1.165, 1.54) is 24.8 Å². The Kier molecular flexibility index (Phi) is 5.33. The van der Waals surface area contributed by atoms with Crippen LogP contribution in [0.3, 0.4) is 0 Å². The number of aromatic nitrogens is 1. The molecule has 15 heavy (non-hydrogen) atoms. The average Bonchev–Trinajstić information content (AvgIpc) is 2.22. The minimum absolute atomic E-state index is 0.269. The van der Waals surface area contributed by atoms with Gasteiger partial charge in [0.25, 0.3) is 0 Å².